The van der Waals surface area contributed by atoms with Gasteiger partial charge >= 0.3 is 0 Å². The van der Waals surface area contributed by atoms with Crippen LogP contribution < -0.4 is 0 Å². The highest BCUT2D eigenvalue weighted by molar-refractivity contribution is 5.74. The van der Waals surface area contributed by atoms with E-state index in [1.54, 1.807) is 0 Å². The van der Waals surface area contributed by atoms with Crippen molar-refractivity contribution < 1.29 is 0 Å². The lowest BCUT2D eigenvalue weighted by atomic mass is 10.2. The molecule has 0 aliphatic rings. The summed E-state index contributed by atoms with van der Waals surface area (Å²) >= 11 is 0. The molecule has 0 saturated carbocycles. The van der Waals surface area contributed by atoms with Crippen LogP contribution in [0, 0.1) is 19.3 Å². The van der Waals surface area contributed by atoms with Gasteiger partial charge in [-0.25, -0.2) is 0 Å². The van der Waals surface area contributed by atoms with Crippen molar-refractivity contribution in [2.75, 3.05) is 0 Å². The lowest BCUT2D eigenvalue weighted by molar-refractivity contribution is 1.14. The highest BCUT2D eigenvalue weighted by Crippen LogP contribution is 2.02. The van der Waals surface area contributed by atoms with Crippen LogP contribution in [0.4, 0.5) is 0 Å². The minimum atomic E-state index is 0.725. The standard InChI is InChI=1S/C8H10N2/c1-6-3-4-8(5-9)10-7(6)2/h3-5,9H,1-2H3. The minimum absolute atomic E-state index is 0.725. The van der Waals surface area contributed by atoms with Gasteiger partial charge in [-0.15, -0.1) is 0 Å². The van der Waals surface area contributed by atoms with Crippen molar-refractivity contribution in [3.05, 3.63) is 29.1 Å². The quantitative estimate of drug-likeness (QED) is 0.583. The molecule has 10 heavy (non-hydrogen) atoms. The van der Waals surface area contributed by atoms with Crippen molar-refractivity contribution in [3.63, 3.8) is 0 Å². The lowest BCUT2D eigenvalue weighted by Gasteiger charge is -1.97. The summed E-state index contributed by atoms with van der Waals surface area (Å²) in [5.41, 5.74) is 2.90. The maximum Gasteiger partial charge on any atom is 0.0808 e. The average molecular weight is 134 g/mol. The van der Waals surface area contributed by atoms with E-state index in [1.165, 1.54) is 11.8 Å². The molecule has 0 fully saturated rings. The second kappa shape index (κ2) is 2.60. The normalized spacial score (nSPS) is 9.40. The van der Waals surface area contributed by atoms with Gasteiger partial charge in [0.25, 0.3) is 0 Å². The summed E-state index contributed by atoms with van der Waals surface area (Å²) in [6, 6.07) is 3.82. The van der Waals surface area contributed by atoms with Crippen LogP contribution in [0.2, 0.25) is 0 Å². The first-order valence-electron chi connectivity index (χ1n) is 3.19. The molecule has 0 aliphatic carbocycles. The zero-order valence-corrected chi connectivity index (χ0v) is 6.18. The van der Waals surface area contributed by atoms with Crippen LogP contribution >= 0.6 is 0 Å². The van der Waals surface area contributed by atoms with Crippen LogP contribution in [0.25, 0.3) is 0 Å². The third-order valence-electron chi connectivity index (χ3n) is 1.52. The highest BCUT2D eigenvalue weighted by atomic mass is 14.7. The molecule has 0 aliphatic heterocycles. The largest absolute Gasteiger partial charge is 0.307 e. The summed E-state index contributed by atoms with van der Waals surface area (Å²) in [6.45, 7) is 3.96. The Kier molecular flexibility index (Phi) is 1.81. The van der Waals surface area contributed by atoms with E-state index in [-0.39, 0.29) is 0 Å². The molecule has 0 aromatic carbocycles. The molecule has 0 atom stereocenters. The van der Waals surface area contributed by atoms with Gasteiger partial charge in [-0.1, -0.05) is 6.07 Å². The van der Waals surface area contributed by atoms with Gasteiger partial charge in [-0.3, -0.25) is 4.98 Å². The van der Waals surface area contributed by atoms with E-state index in [4.69, 9.17) is 5.41 Å². The molecule has 2 nitrogen and oxygen atoms in total. The van der Waals surface area contributed by atoms with Crippen LogP contribution in [0.5, 0.6) is 0 Å². The van der Waals surface area contributed by atoms with Crippen LogP contribution in [-0.2, 0) is 0 Å². The van der Waals surface area contributed by atoms with Crippen molar-refractivity contribution in [1.29, 1.82) is 5.41 Å². The number of hydrogen-bond acceptors (Lipinski definition) is 2. The van der Waals surface area contributed by atoms with Gasteiger partial charge in [0.15, 0.2) is 0 Å². The van der Waals surface area contributed by atoms with Crippen molar-refractivity contribution in [1.82, 2.24) is 4.98 Å². The number of hydrogen-bond donors (Lipinski definition) is 1. The van der Waals surface area contributed by atoms with E-state index in [9.17, 15) is 0 Å². The van der Waals surface area contributed by atoms with E-state index < -0.39 is 0 Å². The fourth-order valence-corrected chi connectivity index (χ4v) is 0.730. The van der Waals surface area contributed by atoms with Gasteiger partial charge in [0.1, 0.15) is 0 Å². The smallest absolute Gasteiger partial charge is 0.0808 e. The molecule has 1 heterocycles. The summed E-state index contributed by atoms with van der Waals surface area (Å²) in [4.78, 5) is 4.15. The van der Waals surface area contributed by atoms with Crippen molar-refractivity contribution in [2.45, 2.75) is 13.8 Å². The van der Waals surface area contributed by atoms with E-state index in [1.807, 2.05) is 26.0 Å². The molecule has 2 heteroatoms. The highest BCUT2D eigenvalue weighted by Gasteiger charge is 1.92. The predicted octanol–water partition coefficient (Wildman–Crippen LogP) is 1.70. The number of nitrogens with one attached hydrogen (secondary N) is 1. The van der Waals surface area contributed by atoms with Gasteiger partial charge in [0.05, 0.1) is 5.69 Å². The third kappa shape index (κ3) is 1.21. The zero-order chi connectivity index (χ0) is 7.56. The summed E-state index contributed by atoms with van der Waals surface area (Å²) in [5.74, 6) is 0. The minimum Gasteiger partial charge on any atom is -0.307 e. The molecule has 0 saturated heterocycles. The Morgan fingerprint density at radius 1 is 1.40 bits per heavy atom. The summed E-state index contributed by atoms with van der Waals surface area (Å²) in [7, 11) is 0. The fourth-order valence-electron chi connectivity index (χ4n) is 0.730. The van der Waals surface area contributed by atoms with E-state index in [0.717, 1.165) is 11.4 Å². The maximum absolute atomic E-state index is 6.92. The van der Waals surface area contributed by atoms with Crippen LogP contribution in [0.15, 0.2) is 12.1 Å². The first kappa shape index (κ1) is 6.93. The molecule has 1 N–H and O–H groups in total. The van der Waals surface area contributed by atoms with E-state index >= 15 is 0 Å². The zero-order valence-electron chi connectivity index (χ0n) is 6.18. The molecular weight excluding hydrogens is 124 g/mol. The Morgan fingerprint density at radius 2 is 2.10 bits per heavy atom. The molecule has 0 unspecified atom stereocenters. The topological polar surface area (TPSA) is 36.7 Å². The summed E-state index contributed by atoms with van der Waals surface area (Å²) < 4.78 is 0. The average Bonchev–Trinajstić information content (AvgIpc) is 1.95. The fraction of sp³-hybridized carbons (Fsp3) is 0.250. The molecule has 1 rings (SSSR count). The van der Waals surface area contributed by atoms with Crippen LogP contribution in [-0.4, -0.2) is 11.2 Å². The van der Waals surface area contributed by atoms with Crippen molar-refractivity contribution >= 4 is 6.21 Å². The Balaban J connectivity index is 3.16. The van der Waals surface area contributed by atoms with Gasteiger partial charge in [0, 0.05) is 11.9 Å². The van der Waals surface area contributed by atoms with Gasteiger partial charge in [0.2, 0.25) is 0 Å². The van der Waals surface area contributed by atoms with Gasteiger partial charge in [-0.05, 0) is 25.5 Å². The Labute approximate surface area is 60.4 Å². The van der Waals surface area contributed by atoms with Gasteiger partial charge < -0.3 is 5.41 Å². The molecule has 0 radical (unpaired) electrons. The third-order valence-corrected chi connectivity index (χ3v) is 1.52. The second-order valence-corrected chi connectivity index (χ2v) is 2.28. The molecule has 0 spiro atoms. The molecule has 52 valence electrons. The van der Waals surface area contributed by atoms with Crippen LogP contribution in [0.1, 0.15) is 17.0 Å². The summed E-state index contributed by atoms with van der Waals surface area (Å²) in [6.07, 6.45) is 1.26. The Bertz CT molecular complexity index is 253. The predicted molar refractivity (Wildman–Crippen MR) is 41.6 cm³/mol. The number of aromatic nitrogens is 1. The maximum atomic E-state index is 6.92. The Morgan fingerprint density at radius 3 is 2.60 bits per heavy atom. The molecule has 0 bridgehead atoms. The van der Waals surface area contributed by atoms with Crippen molar-refractivity contribution in [3.8, 4) is 0 Å². The summed E-state index contributed by atoms with van der Waals surface area (Å²) in [5, 5.41) is 6.92. The number of rotatable bonds is 1. The first-order valence-corrected chi connectivity index (χ1v) is 3.19. The van der Waals surface area contributed by atoms with E-state index in [2.05, 4.69) is 4.98 Å². The molecular formula is C8H10N2. The first-order chi connectivity index (χ1) is 4.74. The molecule has 1 aromatic rings. The number of aryl methyl sites for hydroxylation is 2. The molecule has 0 amide bonds. The molecule has 1 aromatic heterocycles. The van der Waals surface area contributed by atoms with E-state index in [0.29, 0.717) is 0 Å². The van der Waals surface area contributed by atoms with Crippen molar-refractivity contribution in [2.24, 2.45) is 0 Å². The van der Waals surface area contributed by atoms with Crippen LogP contribution in [0.3, 0.4) is 0 Å². The second-order valence-electron chi connectivity index (χ2n) is 2.28. The number of pyridine rings is 1. The lowest BCUT2D eigenvalue weighted by Crippen LogP contribution is -1.91. The number of nitrogens with zero attached hydrogens (tertiary/aromatic N) is 1. The monoisotopic (exact) mass is 134 g/mol. The SMILES string of the molecule is Cc1ccc(C=N)nc1C. The van der Waals surface area contributed by atoms with Gasteiger partial charge in [-0.2, -0.15) is 0 Å². The Hall–Kier alpha value is -1.18.